The van der Waals surface area contributed by atoms with Crippen LogP contribution in [0, 0.1) is 0 Å². The van der Waals surface area contributed by atoms with Gasteiger partial charge in [0.2, 0.25) is 11.1 Å². The van der Waals surface area contributed by atoms with Crippen molar-refractivity contribution in [2.45, 2.75) is 10.4 Å². The number of thioether (sulfide) groups is 1. The van der Waals surface area contributed by atoms with Crippen LogP contribution in [-0.2, 0) is 4.79 Å². The molecule has 8 nitrogen and oxygen atoms in total. The predicted molar refractivity (Wildman–Crippen MR) is 102 cm³/mol. The Morgan fingerprint density at radius 1 is 1.11 bits per heavy atom. The third-order valence-electron chi connectivity index (χ3n) is 3.54. The van der Waals surface area contributed by atoms with Crippen LogP contribution in [-0.4, -0.2) is 39.2 Å². The molecule has 3 aromatic rings. The fourth-order valence-corrected chi connectivity index (χ4v) is 3.36. The largest absolute Gasteiger partial charge is 0.341 e. The number of amides is 3. The summed E-state index contributed by atoms with van der Waals surface area (Å²) < 4.78 is 1.50. The molecular formula is C17H15ClN6O2S. The number of carbonyl (C=O) groups excluding carboxylic acids is 2. The molecule has 10 heteroatoms. The Morgan fingerprint density at radius 2 is 1.81 bits per heavy atom. The van der Waals surface area contributed by atoms with Crippen molar-refractivity contribution >= 4 is 35.3 Å². The van der Waals surface area contributed by atoms with Crippen molar-refractivity contribution in [3.8, 4) is 5.69 Å². The lowest BCUT2D eigenvalue weighted by Gasteiger charge is -2.15. The minimum Gasteiger partial charge on any atom is -0.341 e. The molecule has 2 N–H and O–H groups in total. The normalized spacial score (nSPS) is 11.6. The summed E-state index contributed by atoms with van der Waals surface area (Å²) in [7, 11) is 1.44. The fraction of sp³-hybridized carbons (Fsp3) is 0.118. The van der Waals surface area contributed by atoms with Gasteiger partial charge in [0.1, 0.15) is 5.25 Å². The van der Waals surface area contributed by atoms with Gasteiger partial charge in [-0.3, -0.25) is 10.1 Å². The van der Waals surface area contributed by atoms with Crippen LogP contribution in [0.4, 0.5) is 4.79 Å². The van der Waals surface area contributed by atoms with Gasteiger partial charge in [-0.15, -0.1) is 5.10 Å². The van der Waals surface area contributed by atoms with Gasteiger partial charge >= 0.3 is 6.03 Å². The van der Waals surface area contributed by atoms with E-state index in [1.807, 2.05) is 18.2 Å². The van der Waals surface area contributed by atoms with Gasteiger partial charge < -0.3 is 5.32 Å². The smallest absolute Gasteiger partial charge is 0.321 e. The molecule has 0 bridgehead atoms. The lowest BCUT2D eigenvalue weighted by molar-refractivity contribution is -0.119. The molecule has 0 spiro atoms. The van der Waals surface area contributed by atoms with E-state index >= 15 is 0 Å². The third kappa shape index (κ3) is 4.63. The molecular weight excluding hydrogens is 388 g/mol. The average molecular weight is 403 g/mol. The van der Waals surface area contributed by atoms with Crippen LogP contribution in [0.3, 0.4) is 0 Å². The summed E-state index contributed by atoms with van der Waals surface area (Å²) >= 11 is 7.06. The lowest BCUT2D eigenvalue weighted by atomic mass is 10.1. The zero-order valence-corrected chi connectivity index (χ0v) is 15.7. The van der Waals surface area contributed by atoms with E-state index < -0.39 is 17.2 Å². The molecule has 0 unspecified atom stereocenters. The van der Waals surface area contributed by atoms with Crippen LogP contribution in [0.2, 0.25) is 5.02 Å². The molecule has 3 rings (SSSR count). The fourth-order valence-electron chi connectivity index (χ4n) is 2.24. The van der Waals surface area contributed by atoms with Crippen molar-refractivity contribution in [1.29, 1.82) is 0 Å². The molecule has 3 amide bonds. The topological polar surface area (TPSA) is 102 Å². The lowest BCUT2D eigenvalue weighted by Crippen LogP contribution is -2.39. The summed E-state index contributed by atoms with van der Waals surface area (Å²) in [5.74, 6) is -0.476. The Bertz CT molecular complexity index is 932. The average Bonchev–Trinajstić information content (AvgIpc) is 3.15. The Morgan fingerprint density at radius 3 is 2.48 bits per heavy atom. The van der Waals surface area contributed by atoms with Gasteiger partial charge in [0.25, 0.3) is 0 Å². The first-order valence-corrected chi connectivity index (χ1v) is 9.12. The van der Waals surface area contributed by atoms with E-state index in [2.05, 4.69) is 26.2 Å². The second-order valence-corrected chi connectivity index (χ2v) is 6.84. The number of imide groups is 1. The zero-order chi connectivity index (χ0) is 19.2. The molecule has 0 aliphatic heterocycles. The minimum atomic E-state index is -0.722. The Labute approximate surface area is 164 Å². The summed E-state index contributed by atoms with van der Waals surface area (Å²) in [5.41, 5.74) is 1.42. The van der Waals surface area contributed by atoms with Gasteiger partial charge in [-0.05, 0) is 40.3 Å². The first kappa shape index (κ1) is 18.9. The van der Waals surface area contributed by atoms with Gasteiger partial charge in [0.05, 0.1) is 5.69 Å². The molecule has 1 aromatic heterocycles. The molecule has 0 saturated carbocycles. The Balaban J connectivity index is 1.91. The third-order valence-corrected chi connectivity index (χ3v) is 4.98. The van der Waals surface area contributed by atoms with Crippen LogP contribution in [0.25, 0.3) is 5.69 Å². The van der Waals surface area contributed by atoms with E-state index in [1.54, 1.807) is 36.4 Å². The number of benzene rings is 2. The van der Waals surface area contributed by atoms with Crippen LogP contribution in [0.5, 0.6) is 0 Å². The number of halogens is 1. The van der Waals surface area contributed by atoms with E-state index in [0.29, 0.717) is 15.9 Å². The summed E-state index contributed by atoms with van der Waals surface area (Å²) in [5, 5.41) is 16.6. The number of rotatable bonds is 5. The number of hydrogen-bond donors (Lipinski definition) is 2. The van der Waals surface area contributed by atoms with Gasteiger partial charge in [0.15, 0.2) is 0 Å². The Hall–Kier alpha value is -2.91. The quantitative estimate of drug-likeness (QED) is 0.636. The molecule has 0 fully saturated rings. The second kappa shape index (κ2) is 8.65. The van der Waals surface area contributed by atoms with Crippen LogP contribution < -0.4 is 10.6 Å². The van der Waals surface area contributed by atoms with Crippen LogP contribution in [0.1, 0.15) is 10.8 Å². The van der Waals surface area contributed by atoms with Crippen molar-refractivity contribution in [1.82, 2.24) is 30.8 Å². The summed E-state index contributed by atoms with van der Waals surface area (Å²) in [6.07, 6.45) is 0. The molecule has 138 valence electrons. The Kier molecular flexibility index (Phi) is 6.05. The molecule has 1 atom stereocenters. The monoisotopic (exact) mass is 402 g/mol. The van der Waals surface area contributed by atoms with E-state index in [4.69, 9.17) is 11.6 Å². The van der Waals surface area contributed by atoms with Crippen molar-refractivity contribution < 1.29 is 9.59 Å². The number of urea groups is 1. The zero-order valence-electron chi connectivity index (χ0n) is 14.2. The highest BCUT2D eigenvalue weighted by Crippen LogP contribution is 2.34. The SMILES string of the molecule is CNC(=O)NC(=O)[C@H](Sc1nnnn1-c1ccc(Cl)cc1)c1ccccc1. The van der Waals surface area contributed by atoms with Crippen molar-refractivity contribution in [2.75, 3.05) is 7.05 Å². The van der Waals surface area contributed by atoms with E-state index in [1.165, 1.54) is 11.7 Å². The molecule has 0 radical (unpaired) electrons. The molecule has 2 aromatic carbocycles. The van der Waals surface area contributed by atoms with Gasteiger partial charge in [-0.1, -0.05) is 53.7 Å². The first-order chi connectivity index (χ1) is 13.1. The van der Waals surface area contributed by atoms with Crippen LogP contribution >= 0.6 is 23.4 Å². The molecule has 0 saturated heterocycles. The maximum absolute atomic E-state index is 12.6. The maximum atomic E-state index is 12.6. The minimum absolute atomic E-state index is 0.401. The second-order valence-electron chi connectivity index (χ2n) is 5.33. The molecule has 0 aliphatic carbocycles. The number of aromatic nitrogens is 4. The predicted octanol–water partition coefficient (Wildman–Crippen LogP) is 2.60. The number of tetrazole rings is 1. The standard InChI is InChI=1S/C17H15ClN6O2S/c1-19-16(26)20-15(25)14(11-5-3-2-4-6-11)27-17-21-22-23-24(17)13-9-7-12(18)8-10-13/h2-10,14H,1H3,(H2,19,20,25,26)/t14-/m1/s1. The van der Waals surface area contributed by atoms with Gasteiger partial charge in [-0.2, -0.15) is 4.68 Å². The number of hydrogen-bond acceptors (Lipinski definition) is 6. The summed E-state index contributed by atoms with van der Waals surface area (Å²) in [6.45, 7) is 0. The maximum Gasteiger partial charge on any atom is 0.321 e. The highest BCUT2D eigenvalue weighted by Gasteiger charge is 2.26. The summed E-state index contributed by atoms with van der Waals surface area (Å²) in [4.78, 5) is 24.2. The number of nitrogens with one attached hydrogen (secondary N) is 2. The highest BCUT2D eigenvalue weighted by molar-refractivity contribution is 8.00. The van der Waals surface area contributed by atoms with Gasteiger partial charge in [-0.25, -0.2) is 4.79 Å². The molecule has 0 aliphatic rings. The number of nitrogens with zero attached hydrogens (tertiary/aromatic N) is 4. The van der Waals surface area contributed by atoms with E-state index in [0.717, 1.165) is 17.3 Å². The van der Waals surface area contributed by atoms with Crippen molar-refractivity contribution in [2.24, 2.45) is 0 Å². The highest BCUT2D eigenvalue weighted by atomic mass is 35.5. The van der Waals surface area contributed by atoms with Crippen LogP contribution in [0.15, 0.2) is 59.8 Å². The molecule has 27 heavy (non-hydrogen) atoms. The number of carbonyl (C=O) groups is 2. The van der Waals surface area contributed by atoms with E-state index in [-0.39, 0.29) is 0 Å². The van der Waals surface area contributed by atoms with E-state index in [9.17, 15) is 9.59 Å². The van der Waals surface area contributed by atoms with Crippen molar-refractivity contribution in [3.05, 3.63) is 65.2 Å². The first-order valence-electron chi connectivity index (χ1n) is 7.87. The van der Waals surface area contributed by atoms with Gasteiger partial charge in [0, 0.05) is 12.1 Å². The summed E-state index contributed by atoms with van der Waals surface area (Å²) in [6, 6.07) is 15.5. The molecule has 1 heterocycles. The van der Waals surface area contributed by atoms with Crippen molar-refractivity contribution in [3.63, 3.8) is 0 Å².